The maximum atomic E-state index is 12.2. The number of phenols is 1. The van der Waals surface area contributed by atoms with Crippen LogP contribution in [-0.2, 0) is 28.6 Å². The molecular formula is C72H91Br5K2N4O18. The molecule has 0 bridgehead atoms. The van der Waals surface area contributed by atoms with Gasteiger partial charge in [-0.25, -0.2) is 14.4 Å². The van der Waals surface area contributed by atoms with Crippen LogP contribution in [0, 0.1) is 0 Å². The van der Waals surface area contributed by atoms with E-state index in [4.69, 9.17) is 49.3 Å². The van der Waals surface area contributed by atoms with Crippen molar-refractivity contribution in [1.82, 2.24) is 15.1 Å². The molecular weight excluding hydrogens is 1690 g/mol. The van der Waals surface area contributed by atoms with E-state index in [-0.39, 0.29) is 142 Å². The van der Waals surface area contributed by atoms with Crippen molar-refractivity contribution >= 4 is 128 Å². The molecule has 4 N–H and O–H groups in total. The zero-order valence-electron chi connectivity index (χ0n) is 59.3. The second kappa shape index (κ2) is 54.5. The first-order valence-electron chi connectivity index (χ1n) is 30.9. The Hall–Kier alpha value is -4.13. The number of benzene rings is 6. The number of halogens is 5. The van der Waals surface area contributed by atoms with Crippen molar-refractivity contribution in [1.29, 1.82) is 0 Å². The largest absolute Gasteiger partial charge is 1.00 e. The molecule has 2 aliphatic rings. The van der Waals surface area contributed by atoms with Crippen LogP contribution in [0.3, 0.4) is 0 Å². The van der Waals surface area contributed by atoms with Gasteiger partial charge in [0.05, 0.1) is 42.0 Å². The van der Waals surface area contributed by atoms with Crippen molar-refractivity contribution in [3.05, 3.63) is 186 Å². The van der Waals surface area contributed by atoms with E-state index in [0.717, 1.165) is 98.6 Å². The van der Waals surface area contributed by atoms with Gasteiger partial charge in [-0.2, -0.15) is 0 Å². The molecule has 2 heterocycles. The summed E-state index contributed by atoms with van der Waals surface area (Å²) in [6, 6.07) is 43.8. The number of carbonyl (C=O) groups excluding carboxylic acids is 8. The van der Waals surface area contributed by atoms with Gasteiger partial charge in [0, 0.05) is 36.3 Å². The van der Waals surface area contributed by atoms with Crippen LogP contribution in [0.2, 0.25) is 0 Å². The predicted molar refractivity (Wildman–Crippen MR) is 396 cm³/mol. The fourth-order valence-corrected chi connectivity index (χ4v) is 9.16. The van der Waals surface area contributed by atoms with Crippen molar-refractivity contribution in [2.45, 2.75) is 131 Å². The Kier molecular flexibility index (Phi) is 53.3. The number of imide groups is 2. The number of rotatable bonds is 21. The number of amides is 5. The molecule has 101 heavy (non-hydrogen) atoms. The van der Waals surface area contributed by atoms with Crippen LogP contribution in [0.15, 0.2) is 163 Å². The maximum Gasteiger partial charge on any atom is 1.00 e. The molecule has 0 aromatic heterocycles. The summed E-state index contributed by atoms with van der Waals surface area (Å²) in [4.78, 5) is 95.4. The number of carbonyl (C=O) groups is 8. The van der Waals surface area contributed by atoms with Gasteiger partial charge in [-0.1, -0.05) is 111 Å². The van der Waals surface area contributed by atoms with Crippen molar-refractivity contribution in [3.63, 3.8) is 0 Å². The summed E-state index contributed by atoms with van der Waals surface area (Å²) < 4.78 is 39.6. The van der Waals surface area contributed by atoms with Crippen molar-refractivity contribution in [2.24, 2.45) is 5.73 Å². The number of hydrogen-bond donors (Lipinski definition) is 3. The average Bonchev–Trinajstić information content (AvgIpc) is 1.65. The first-order chi connectivity index (χ1) is 46.3. The summed E-state index contributed by atoms with van der Waals surface area (Å²) >= 11 is 16.7. The molecule has 544 valence electrons. The quantitative estimate of drug-likeness (QED) is 0.00576. The molecule has 8 rings (SSSR count). The summed E-state index contributed by atoms with van der Waals surface area (Å²) in [7, 11) is 0. The molecule has 0 unspecified atom stereocenters. The zero-order chi connectivity index (χ0) is 73.3. The molecule has 2 aliphatic heterocycles. The molecule has 6 aromatic carbocycles. The van der Waals surface area contributed by atoms with Gasteiger partial charge in [-0.15, -0.1) is 0 Å². The van der Waals surface area contributed by atoms with E-state index in [1.165, 1.54) is 9.80 Å². The molecule has 0 spiro atoms. The van der Waals surface area contributed by atoms with E-state index < -0.39 is 35.2 Å². The Morgan fingerprint density at radius 1 is 0.495 bits per heavy atom. The van der Waals surface area contributed by atoms with E-state index in [0.29, 0.717) is 60.9 Å². The van der Waals surface area contributed by atoms with E-state index in [2.05, 4.69) is 94.6 Å². The number of ether oxygens (including phenoxy) is 7. The average molecular weight is 1780 g/mol. The Morgan fingerprint density at radius 2 is 0.802 bits per heavy atom. The maximum absolute atomic E-state index is 12.2. The number of nitrogens with zero attached hydrogens (tertiary/aromatic N) is 2. The number of aromatic hydroxyl groups is 1. The first-order valence-corrected chi connectivity index (χ1v) is 35.2. The Balaban J connectivity index is -0.00000115. The monoisotopic (exact) mass is 1770 g/mol. The van der Waals surface area contributed by atoms with Gasteiger partial charge in [0.15, 0.2) is 0 Å². The summed E-state index contributed by atoms with van der Waals surface area (Å²) in [6.45, 7) is 19.2. The second-order valence-electron chi connectivity index (χ2n) is 23.6. The molecule has 0 atom stereocenters. The Morgan fingerprint density at radius 3 is 1.10 bits per heavy atom. The second-order valence-corrected chi connectivity index (χ2v) is 28.1. The molecule has 0 fully saturated rings. The summed E-state index contributed by atoms with van der Waals surface area (Å²) in [6.07, 6.45) is 4.08. The number of fused-ring (bicyclic) bond motifs is 2. The fraction of sp³-hybridized carbons (Fsp3) is 0.389. The van der Waals surface area contributed by atoms with Crippen molar-refractivity contribution in [3.8, 4) is 23.0 Å². The standard InChI is InChI=1S/C18H16BrNO3.C13H18BrNO3.C12H12BrNO2.C11H16BrNO.C10H18O5.C6H5BrO.CH2O3.CH4.2K.H/c19-13-7-9-14(10-8-13)23-12-4-3-11-20-17(21)15-5-1-2-6-16(15)18(20)22;1-13(2,3)18-12(16)15-8-9-17-11-6-4-10(14)5-7-11;13-7-3-4-8-14-11(15)9-5-1-2-6-10(9)12(14)16;12-10-4-6-11(7-5-10)14-9-3-1-2-8-13;1-9(2,3)14-7(11)13-8(12)15-10(4,5)6;7-5-1-3-6(8)4-2-5;2-1-4-3;;;;/h1-2,5-10H,3-4,11-12H2;4-7H,8-9H2,1-3H3,(H,15,16);1-2,5-6H,3-4,7-8H2;4-7H,1-3,8-9,13H2;1-6H3;1-4,8H;1,3H;1H4;;;/q;;;;;;;;2*+1;-1/p-1. The van der Waals surface area contributed by atoms with Gasteiger partial charge < -0.3 is 60.9 Å². The van der Waals surface area contributed by atoms with Gasteiger partial charge in [0.1, 0.15) is 46.4 Å². The molecule has 5 amide bonds. The summed E-state index contributed by atoms with van der Waals surface area (Å²) in [5.41, 5.74) is 5.60. The summed E-state index contributed by atoms with van der Waals surface area (Å²) in [5, 5.41) is 20.7. The minimum Gasteiger partial charge on any atom is -1.00 e. The third-order valence-corrected chi connectivity index (χ3v) is 14.7. The van der Waals surface area contributed by atoms with Crippen LogP contribution in [0.5, 0.6) is 23.0 Å². The number of nitrogens with one attached hydrogen (secondary N) is 1. The topological polar surface area (TPSA) is 298 Å². The van der Waals surface area contributed by atoms with Gasteiger partial charge in [0.2, 0.25) is 0 Å². The molecule has 22 nitrogen and oxygen atoms in total. The number of nitrogens with two attached hydrogens (primary N) is 1. The van der Waals surface area contributed by atoms with Crippen molar-refractivity contribution in [2.75, 3.05) is 51.3 Å². The third-order valence-electron chi connectivity index (χ3n) is 12.0. The zero-order valence-corrected chi connectivity index (χ0v) is 72.5. The fourth-order valence-electron chi connectivity index (χ4n) is 7.70. The number of alkyl carbamates (subject to hydrolysis) is 1. The number of hydrogen-bond acceptors (Lipinski definition) is 19. The van der Waals surface area contributed by atoms with Crippen LogP contribution in [0.4, 0.5) is 14.4 Å². The molecule has 0 aliphatic carbocycles. The minimum atomic E-state index is -1.06. The number of alkyl halides is 1. The van der Waals surface area contributed by atoms with Gasteiger partial charge in [-0.3, -0.25) is 33.8 Å². The molecule has 0 saturated carbocycles. The van der Waals surface area contributed by atoms with Crippen LogP contribution in [-0.4, -0.2) is 132 Å². The van der Waals surface area contributed by atoms with E-state index in [9.17, 15) is 33.6 Å². The summed E-state index contributed by atoms with van der Waals surface area (Å²) in [5.74, 6) is 2.11. The smallest absolute Gasteiger partial charge is 1.00 e. The first kappa shape index (κ1) is 98.9. The molecule has 0 radical (unpaired) electrons. The minimum absolute atomic E-state index is 0. The van der Waals surface area contributed by atoms with Gasteiger partial charge in [0.25, 0.3) is 30.1 Å². The van der Waals surface area contributed by atoms with Crippen molar-refractivity contribution < 1.29 is 191 Å². The van der Waals surface area contributed by atoms with Crippen LogP contribution < -0.4 is 133 Å². The van der Waals surface area contributed by atoms with E-state index >= 15 is 0 Å². The van der Waals surface area contributed by atoms with E-state index in [1.54, 1.807) is 114 Å². The Bertz CT molecular complexity index is 3290. The van der Waals surface area contributed by atoms with Gasteiger partial charge >= 0.3 is 121 Å². The third kappa shape index (κ3) is 45.1. The number of phenolic OH excluding ortho intramolecular Hbond substituents is 1. The van der Waals surface area contributed by atoms with E-state index in [1.807, 2.05) is 93.6 Å². The SMILES string of the molecule is C.CC(C)(C)OC(=O)NCCOc1ccc(Br)cc1.CC(C)(C)OC(=O)OC(=O)OC(C)(C)C.NCCCCCOc1ccc(Br)cc1.O=C1c2ccccc2C(=O)N1CCCCBr.O=C1c2ccccc2C(=O)N1CCCCOc1ccc(Br)cc1.O=CO[O-].Oc1ccc(Br)cc1.[H-].[K+].[K+]. The van der Waals surface area contributed by atoms with Gasteiger partial charge in [-0.05, 0) is 235 Å². The number of unbranched alkanes of at least 4 members (excludes halogenated alkanes) is 4. The Labute approximate surface area is 722 Å². The molecule has 29 heteroatoms. The predicted octanol–water partition coefficient (Wildman–Crippen LogP) is 10.9. The molecule has 0 saturated heterocycles. The van der Waals surface area contributed by atoms with Crippen LogP contribution >= 0.6 is 79.6 Å². The van der Waals surface area contributed by atoms with Crippen LogP contribution in [0.1, 0.15) is 158 Å². The molecule has 6 aromatic rings. The van der Waals surface area contributed by atoms with Crippen LogP contribution in [0.25, 0.3) is 0 Å². The normalized spacial score (nSPS) is 11.4.